The van der Waals surface area contributed by atoms with E-state index in [1.807, 2.05) is 24.3 Å². The van der Waals surface area contributed by atoms with Gasteiger partial charge in [-0.05, 0) is 49.6 Å². The van der Waals surface area contributed by atoms with E-state index in [1.54, 1.807) is 35.3 Å². The van der Waals surface area contributed by atoms with Crippen LogP contribution in [0.4, 0.5) is 10.5 Å². The molecule has 2 unspecified atom stereocenters. The second-order valence-electron chi connectivity index (χ2n) is 9.12. The smallest absolute Gasteiger partial charge is 0.415 e. The second kappa shape index (κ2) is 8.02. The summed E-state index contributed by atoms with van der Waals surface area (Å²) in [5.41, 5.74) is 0.323. The van der Waals surface area contributed by atoms with Crippen molar-refractivity contribution in [3.05, 3.63) is 72.3 Å². The van der Waals surface area contributed by atoms with Crippen LogP contribution in [0.5, 0.6) is 0 Å². The highest BCUT2D eigenvalue weighted by atomic mass is 32.2. The second-order valence-corrected chi connectivity index (χ2v) is 11.2. The lowest BCUT2D eigenvalue weighted by Crippen LogP contribution is -2.57. The van der Waals surface area contributed by atoms with Gasteiger partial charge in [-0.1, -0.05) is 60.1 Å². The van der Waals surface area contributed by atoms with Gasteiger partial charge in [0.1, 0.15) is 23.9 Å². The van der Waals surface area contributed by atoms with Gasteiger partial charge in [-0.25, -0.2) is 13.2 Å². The van der Waals surface area contributed by atoms with E-state index in [2.05, 4.69) is 23.7 Å². The number of hydrogen-bond acceptors (Lipinski definition) is 5. The van der Waals surface area contributed by atoms with Gasteiger partial charge in [-0.15, -0.1) is 0 Å². The number of hydrogen-bond donors (Lipinski definition) is 0. The van der Waals surface area contributed by atoms with Crippen molar-refractivity contribution in [3.8, 4) is 23.7 Å². The van der Waals surface area contributed by atoms with E-state index < -0.39 is 33.2 Å². The zero-order valence-corrected chi connectivity index (χ0v) is 19.8. The maximum atomic E-state index is 13.5. The average molecular weight is 486 g/mol. The molecule has 0 aromatic heterocycles. The minimum atomic E-state index is -3.57. The zero-order chi connectivity index (χ0) is 24.1. The lowest BCUT2D eigenvalue weighted by atomic mass is 9.64. The zero-order valence-electron chi connectivity index (χ0n) is 18.9. The Morgan fingerprint density at radius 2 is 1.80 bits per heavy atom. The molecule has 2 heterocycles. The Kier molecular flexibility index (Phi) is 5.03. The third-order valence-electron chi connectivity index (χ3n) is 7.33. The van der Waals surface area contributed by atoms with Gasteiger partial charge in [0.2, 0.25) is 0 Å². The lowest BCUT2D eigenvalue weighted by molar-refractivity contribution is 0.153. The fourth-order valence-electron chi connectivity index (χ4n) is 5.82. The average Bonchev–Trinajstić information content (AvgIpc) is 3.59. The number of amides is 1. The van der Waals surface area contributed by atoms with Crippen molar-refractivity contribution >= 4 is 21.6 Å². The molecule has 6 nitrogen and oxygen atoms in total. The Labute approximate surface area is 204 Å². The number of rotatable bonds is 4. The minimum absolute atomic E-state index is 0.00126. The van der Waals surface area contributed by atoms with Crippen molar-refractivity contribution in [1.29, 1.82) is 0 Å². The van der Waals surface area contributed by atoms with Crippen LogP contribution in [0.15, 0.2) is 71.6 Å². The van der Waals surface area contributed by atoms with Crippen LogP contribution in [0.1, 0.15) is 24.8 Å². The predicted molar refractivity (Wildman–Crippen MR) is 130 cm³/mol. The van der Waals surface area contributed by atoms with Crippen molar-refractivity contribution in [3.63, 3.8) is 0 Å². The first kappa shape index (κ1) is 22.0. The summed E-state index contributed by atoms with van der Waals surface area (Å²) in [6.07, 6.45) is 5.38. The fraction of sp³-hybridized carbons (Fsp3) is 0.321. The molecular weight excluding hydrogens is 462 g/mol. The van der Waals surface area contributed by atoms with E-state index in [0.29, 0.717) is 5.69 Å². The number of carbonyl (C=O) groups is 1. The van der Waals surface area contributed by atoms with Gasteiger partial charge >= 0.3 is 6.09 Å². The van der Waals surface area contributed by atoms with Gasteiger partial charge in [0.15, 0.2) is 9.84 Å². The van der Waals surface area contributed by atoms with E-state index in [4.69, 9.17) is 9.47 Å². The molecule has 2 aromatic rings. The number of epoxide rings is 1. The van der Waals surface area contributed by atoms with Crippen molar-refractivity contribution < 1.29 is 22.7 Å². The topological polar surface area (TPSA) is 76.2 Å². The Bertz CT molecular complexity index is 1460. The van der Waals surface area contributed by atoms with Crippen LogP contribution < -0.4 is 4.90 Å². The molecule has 6 rings (SSSR count). The number of carbonyl (C=O) groups excluding carboxylic acids is 1. The summed E-state index contributed by atoms with van der Waals surface area (Å²) in [5, 5.41) is 0. The Morgan fingerprint density at radius 1 is 1.06 bits per heavy atom. The molecule has 0 radical (unpaired) electrons. The number of nitrogens with zero attached hydrogens (tertiary/aromatic N) is 1. The summed E-state index contributed by atoms with van der Waals surface area (Å²) in [6, 6.07) is 15.2. The molecule has 2 aliphatic heterocycles. The van der Waals surface area contributed by atoms with Crippen LogP contribution >= 0.6 is 0 Å². The molecule has 1 saturated carbocycles. The first-order chi connectivity index (χ1) is 17.0. The molecule has 2 aromatic carbocycles. The summed E-state index contributed by atoms with van der Waals surface area (Å²) in [5.74, 6) is 12.4. The highest BCUT2D eigenvalue weighted by molar-refractivity contribution is 7.91. The normalized spacial score (nSPS) is 30.2. The molecule has 1 amide bonds. The molecule has 35 heavy (non-hydrogen) atoms. The molecule has 1 saturated heterocycles. The SMILES string of the molecule is O=C(OCCS(=O)(=O)c1ccccc1)N1c2ccccc2C23OC24CCC[C@@H]3C#C/C=C\C#C[C@H]14. The Hall–Kier alpha value is -3.52. The van der Waals surface area contributed by atoms with Crippen molar-refractivity contribution in [2.75, 3.05) is 17.3 Å². The molecule has 2 fully saturated rings. The number of para-hydroxylation sites is 1. The number of allylic oxidation sites excluding steroid dienone is 2. The summed E-state index contributed by atoms with van der Waals surface area (Å²) in [4.78, 5) is 15.2. The van der Waals surface area contributed by atoms with Crippen LogP contribution in [0, 0.1) is 29.6 Å². The number of benzene rings is 2. The lowest BCUT2D eigenvalue weighted by Gasteiger charge is -2.43. The molecule has 4 aliphatic rings. The summed E-state index contributed by atoms with van der Waals surface area (Å²) >= 11 is 0. The molecular formula is C28H23NO5S. The fourth-order valence-corrected chi connectivity index (χ4v) is 6.93. The van der Waals surface area contributed by atoms with Gasteiger partial charge in [-0.3, -0.25) is 4.90 Å². The molecule has 4 bridgehead atoms. The highest BCUT2D eigenvalue weighted by Crippen LogP contribution is 2.72. The standard InChI is InChI=1S/C28H23NO5S/c30-26(33-19-20-35(31,32)22-13-5-3-6-14-22)29-24-16-9-8-15-23(24)28-21-11-4-1-2-7-17-25(29)27(28,34-28)18-10-12-21/h1-3,5-6,8-9,13-16,21,25H,10,12,18-20H2/b2-1-/t21-,25-,27?,28?/m0/s1. The Balaban J connectivity index is 1.34. The van der Waals surface area contributed by atoms with Crippen LogP contribution in [0.2, 0.25) is 0 Å². The highest BCUT2D eigenvalue weighted by Gasteiger charge is 2.81. The molecule has 7 heteroatoms. The van der Waals surface area contributed by atoms with Crippen molar-refractivity contribution in [2.45, 2.75) is 41.4 Å². The van der Waals surface area contributed by atoms with Crippen LogP contribution in [-0.4, -0.2) is 38.5 Å². The molecule has 0 N–H and O–H groups in total. The van der Waals surface area contributed by atoms with Gasteiger partial charge in [0, 0.05) is 5.56 Å². The van der Waals surface area contributed by atoms with Crippen LogP contribution in [0.3, 0.4) is 0 Å². The molecule has 0 spiro atoms. The molecule has 2 aliphatic carbocycles. The van der Waals surface area contributed by atoms with Gasteiger partial charge in [0.25, 0.3) is 0 Å². The van der Waals surface area contributed by atoms with E-state index in [1.165, 1.54) is 12.1 Å². The summed E-state index contributed by atoms with van der Waals surface area (Å²) in [6.45, 7) is -0.262. The largest absolute Gasteiger partial charge is 0.448 e. The van der Waals surface area contributed by atoms with Crippen molar-refractivity contribution in [2.24, 2.45) is 5.92 Å². The minimum Gasteiger partial charge on any atom is -0.448 e. The van der Waals surface area contributed by atoms with Gasteiger partial charge in [0.05, 0.1) is 22.3 Å². The number of ether oxygens (including phenoxy) is 2. The van der Waals surface area contributed by atoms with Gasteiger partial charge in [-0.2, -0.15) is 0 Å². The van der Waals surface area contributed by atoms with E-state index in [9.17, 15) is 13.2 Å². The quantitative estimate of drug-likeness (QED) is 0.486. The first-order valence-electron chi connectivity index (χ1n) is 11.7. The third kappa shape index (κ3) is 3.23. The van der Waals surface area contributed by atoms with E-state index in [-0.39, 0.29) is 23.2 Å². The maximum absolute atomic E-state index is 13.5. The number of sulfone groups is 1. The van der Waals surface area contributed by atoms with E-state index in [0.717, 1.165) is 24.8 Å². The van der Waals surface area contributed by atoms with Crippen LogP contribution in [-0.2, 0) is 24.9 Å². The monoisotopic (exact) mass is 485 g/mol. The maximum Gasteiger partial charge on any atom is 0.415 e. The number of fused-ring (bicyclic) bond motifs is 1. The third-order valence-corrected chi connectivity index (χ3v) is 9.02. The van der Waals surface area contributed by atoms with Gasteiger partial charge < -0.3 is 9.47 Å². The molecule has 176 valence electrons. The summed E-state index contributed by atoms with van der Waals surface area (Å²) in [7, 11) is -3.57. The molecule has 4 atom stereocenters. The van der Waals surface area contributed by atoms with Crippen molar-refractivity contribution in [1.82, 2.24) is 0 Å². The van der Waals surface area contributed by atoms with Crippen LogP contribution in [0.25, 0.3) is 0 Å². The predicted octanol–water partition coefficient (Wildman–Crippen LogP) is 3.83. The summed E-state index contributed by atoms with van der Waals surface area (Å²) < 4.78 is 37.5. The Morgan fingerprint density at radius 3 is 2.63 bits per heavy atom. The first-order valence-corrected chi connectivity index (χ1v) is 13.4. The number of anilines is 1. The van der Waals surface area contributed by atoms with E-state index >= 15 is 0 Å².